The predicted octanol–water partition coefficient (Wildman–Crippen LogP) is 4.01. The van der Waals surface area contributed by atoms with Gasteiger partial charge in [0.25, 0.3) is 11.8 Å². The fourth-order valence-electron chi connectivity index (χ4n) is 3.91. The molecular formula is C27H26FN3O4. The van der Waals surface area contributed by atoms with Gasteiger partial charge in [-0.05, 0) is 49.4 Å². The summed E-state index contributed by atoms with van der Waals surface area (Å²) in [5, 5.41) is 2.82. The number of carbonyl (C=O) groups is 3. The molecule has 0 unspecified atom stereocenters. The van der Waals surface area contributed by atoms with Crippen molar-refractivity contribution in [1.82, 2.24) is 4.90 Å². The summed E-state index contributed by atoms with van der Waals surface area (Å²) in [7, 11) is 0. The minimum Gasteiger partial charge on any atom is -0.483 e. The third-order valence-corrected chi connectivity index (χ3v) is 5.84. The summed E-state index contributed by atoms with van der Waals surface area (Å²) in [6, 6.07) is 20.3. The van der Waals surface area contributed by atoms with Gasteiger partial charge in [-0.2, -0.15) is 0 Å². The van der Waals surface area contributed by atoms with Crippen molar-refractivity contribution in [2.24, 2.45) is 0 Å². The van der Waals surface area contributed by atoms with Gasteiger partial charge < -0.3 is 19.9 Å². The van der Waals surface area contributed by atoms with Crippen LogP contribution in [0.1, 0.15) is 27.6 Å². The fraction of sp³-hybridized carbons (Fsp3) is 0.222. The summed E-state index contributed by atoms with van der Waals surface area (Å²) in [5.74, 6) is -0.863. The quantitative estimate of drug-likeness (QED) is 0.523. The molecule has 0 aromatic heterocycles. The number of anilines is 2. The molecule has 0 bridgehead atoms. The number of nitrogens with one attached hydrogen (secondary N) is 1. The summed E-state index contributed by atoms with van der Waals surface area (Å²) in [6.45, 7) is 2.92. The van der Waals surface area contributed by atoms with Gasteiger partial charge in [-0.1, -0.05) is 30.3 Å². The Balaban J connectivity index is 1.32. The van der Waals surface area contributed by atoms with Gasteiger partial charge >= 0.3 is 0 Å². The smallest absolute Gasteiger partial charge is 0.260 e. The highest BCUT2D eigenvalue weighted by Crippen LogP contribution is 2.23. The van der Waals surface area contributed by atoms with Crippen molar-refractivity contribution in [3.63, 3.8) is 0 Å². The number of carbonyl (C=O) groups excluding carboxylic acids is 3. The molecule has 4 rings (SSSR count). The Morgan fingerprint density at radius 3 is 2.29 bits per heavy atom. The summed E-state index contributed by atoms with van der Waals surface area (Å²) in [5.41, 5.74) is 1.73. The maximum Gasteiger partial charge on any atom is 0.260 e. The standard InChI is InChI=1S/C27H26FN3O4/c1-19(32)20-11-12-24(23(28)17-20)30-13-15-31(16-14-30)26(33)18-35-25-10-6-5-9-22(25)27(34)29-21-7-3-2-4-8-21/h2-12,17H,13-16,18H2,1H3,(H,29,34). The van der Waals surface area contributed by atoms with Crippen LogP contribution in [-0.2, 0) is 4.79 Å². The van der Waals surface area contributed by atoms with Crippen LogP contribution in [0.15, 0.2) is 72.8 Å². The summed E-state index contributed by atoms with van der Waals surface area (Å²) in [4.78, 5) is 40.4. The minimum atomic E-state index is -0.453. The van der Waals surface area contributed by atoms with Gasteiger partial charge in [-0.15, -0.1) is 0 Å². The predicted molar refractivity (Wildman–Crippen MR) is 132 cm³/mol. The normalized spacial score (nSPS) is 13.3. The number of ether oxygens (including phenoxy) is 1. The van der Waals surface area contributed by atoms with E-state index in [0.29, 0.717) is 54.4 Å². The van der Waals surface area contributed by atoms with Crippen LogP contribution in [0.2, 0.25) is 0 Å². The molecule has 1 fully saturated rings. The molecule has 180 valence electrons. The van der Waals surface area contributed by atoms with Crippen LogP contribution in [0.25, 0.3) is 0 Å². The lowest BCUT2D eigenvalue weighted by molar-refractivity contribution is -0.133. The molecule has 0 spiro atoms. The maximum atomic E-state index is 14.5. The van der Waals surface area contributed by atoms with Crippen LogP contribution < -0.4 is 15.0 Å². The highest BCUT2D eigenvalue weighted by Gasteiger charge is 2.24. The minimum absolute atomic E-state index is 0.190. The fourth-order valence-corrected chi connectivity index (χ4v) is 3.91. The summed E-state index contributed by atoms with van der Waals surface area (Å²) < 4.78 is 20.2. The molecule has 1 heterocycles. The van der Waals surface area contributed by atoms with Crippen LogP contribution in [0, 0.1) is 5.82 Å². The Bertz CT molecular complexity index is 1220. The molecule has 3 aromatic carbocycles. The lowest BCUT2D eigenvalue weighted by Crippen LogP contribution is -2.50. The first-order chi connectivity index (χ1) is 16.9. The molecule has 0 saturated carbocycles. The van der Waals surface area contributed by atoms with Crippen molar-refractivity contribution in [2.45, 2.75) is 6.92 Å². The van der Waals surface area contributed by atoms with E-state index in [1.807, 2.05) is 23.1 Å². The molecule has 0 aliphatic carbocycles. The van der Waals surface area contributed by atoms with E-state index in [4.69, 9.17) is 4.74 Å². The average Bonchev–Trinajstić information content (AvgIpc) is 2.88. The molecular weight excluding hydrogens is 449 g/mol. The highest BCUT2D eigenvalue weighted by molar-refractivity contribution is 6.06. The SMILES string of the molecule is CC(=O)c1ccc(N2CCN(C(=O)COc3ccccc3C(=O)Nc3ccccc3)CC2)c(F)c1. The Hall–Kier alpha value is -4.20. The monoisotopic (exact) mass is 475 g/mol. The molecule has 2 amide bonds. The zero-order chi connectivity index (χ0) is 24.8. The number of amides is 2. The number of para-hydroxylation sites is 2. The molecule has 3 aromatic rings. The maximum absolute atomic E-state index is 14.5. The van der Waals surface area contributed by atoms with Gasteiger partial charge in [0.15, 0.2) is 12.4 Å². The molecule has 0 atom stereocenters. The Kier molecular flexibility index (Phi) is 7.40. The van der Waals surface area contributed by atoms with E-state index in [1.54, 1.807) is 53.4 Å². The Morgan fingerprint density at radius 1 is 0.914 bits per heavy atom. The average molecular weight is 476 g/mol. The van der Waals surface area contributed by atoms with Gasteiger partial charge in [-0.25, -0.2) is 4.39 Å². The number of hydrogen-bond donors (Lipinski definition) is 1. The molecule has 7 nitrogen and oxygen atoms in total. The van der Waals surface area contributed by atoms with E-state index in [1.165, 1.54) is 13.0 Å². The number of halogens is 1. The van der Waals surface area contributed by atoms with Gasteiger partial charge in [0.1, 0.15) is 11.6 Å². The number of piperazine rings is 1. The Labute approximate surface area is 203 Å². The number of ketones is 1. The van der Waals surface area contributed by atoms with Crippen LogP contribution in [0.4, 0.5) is 15.8 Å². The molecule has 35 heavy (non-hydrogen) atoms. The zero-order valence-corrected chi connectivity index (χ0v) is 19.4. The third-order valence-electron chi connectivity index (χ3n) is 5.84. The van der Waals surface area contributed by atoms with Crippen molar-refractivity contribution in [1.29, 1.82) is 0 Å². The zero-order valence-electron chi connectivity index (χ0n) is 19.4. The Morgan fingerprint density at radius 2 is 1.60 bits per heavy atom. The molecule has 8 heteroatoms. The summed E-state index contributed by atoms with van der Waals surface area (Å²) >= 11 is 0. The van der Waals surface area contributed by atoms with E-state index in [2.05, 4.69) is 5.32 Å². The van der Waals surface area contributed by atoms with E-state index in [-0.39, 0.29) is 24.2 Å². The lowest BCUT2D eigenvalue weighted by Gasteiger charge is -2.36. The molecule has 0 radical (unpaired) electrons. The van der Waals surface area contributed by atoms with Gasteiger partial charge in [0.05, 0.1) is 11.3 Å². The molecule has 1 aliphatic rings. The topological polar surface area (TPSA) is 79.0 Å². The first kappa shape index (κ1) is 23.9. The lowest BCUT2D eigenvalue weighted by atomic mass is 10.1. The van der Waals surface area contributed by atoms with Gasteiger partial charge in [-0.3, -0.25) is 14.4 Å². The van der Waals surface area contributed by atoms with Crippen molar-refractivity contribution >= 4 is 29.0 Å². The largest absolute Gasteiger partial charge is 0.483 e. The van der Waals surface area contributed by atoms with Crippen LogP contribution in [0.3, 0.4) is 0 Å². The molecule has 1 saturated heterocycles. The second kappa shape index (κ2) is 10.8. The second-order valence-electron chi connectivity index (χ2n) is 8.20. The summed E-state index contributed by atoms with van der Waals surface area (Å²) in [6.07, 6.45) is 0. The van der Waals surface area contributed by atoms with E-state index < -0.39 is 5.82 Å². The number of hydrogen-bond acceptors (Lipinski definition) is 5. The van der Waals surface area contributed by atoms with Crippen LogP contribution >= 0.6 is 0 Å². The first-order valence-electron chi connectivity index (χ1n) is 11.3. The van der Waals surface area contributed by atoms with Gasteiger partial charge in [0.2, 0.25) is 0 Å². The first-order valence-corrected chi connectivity index (χ1v) is 11.3. The van der Waals surface area contributed by atoms with Crippen LogP contribution in [-0.4, -0.2) is 55.3 Å². The molecule has 1 aliphatic heterocycles. The number of nitrogens with zero attached hydrogens (tertiary/aromatic N) is 2. The second-order valence-corrected chi connectivity index (χ2v) is 8.20. The number of Topliss-reactive ketones (excluding diaryl/α,β-unsaturated/α-hetero) is 1. The van der Waals surface area contributed by atoms with E-state index in [9.17, 15) is 18.8 Å². The van der Waals surface area contributed by atoms with E-state index >= 15 is 0 Å². The number of benzene rings is 3. The van der Waals surface area contributed by atoms with Crippen LogP contribution in [0.5, 0.6) is 5.75 Å². The van der Waals surface area contributed by atoms with Gasteiger partial charge in [0, 0.05) is 37.4 Å². The van der Waals surface area contributed by atoms with E-state index in [0.717, 1.165) is 0 Å². The van der Waals surface area contributed by atoms with Crippen molar-refractivity contribution in [2.75, 3.05) is 43.0 Å². The highest BCUT2D eigenvalue weighted by atomic mass is 19.1. The molecule has 1 N–H and O–H groups in total. The van der Waals surface area contributed by atoms with Crippen molar-refractivity contribution < 1.29 is 23.5 Å². The third kappa shape index (κ3) is 5.84. The van der Waals surface area contributed by atoms with Crippen molar-refractivity contribution in [3.8, 4) is 5.75 Å². The van der Waals surface area contributed by atoms with Crippen molar-refractivity contribution in [3.05, 3.63) is 89.7 Å². The number of rotatable bonds is 7.